The highest BCUT2D eigenvalue weighted by molar-refractivity contribution is 7.89. The van der Waals surface area contributed by atoms with Gasteiger partial charge in [0.2, 0.25) is 10.0 Å². The fourth-order valence-electron chi connectivity index (χ4n) is 2.88. The van der Waals surface area contributed by atoms with E-state index in [-0.39, 0.29) is 11.5 Å². The Morgan fingerprint density at radius 1 is 0.967 bits per heavy atom. The topological polar surface area (TPSA) is 55.4 Å². The fourth-order valence-corrected chi connectivity index (χ4v) is 4.17. The molecule has 164 valence electrons. The standard InChI is InChI=1S/C18H14F7NO3S/c19-15-8-3-11(9-14(15)17(20,21)22)16(10-1-2-10)26-30(27,28)13-6-4-12(5-7-13)29-18(23,24)25/h3-10,16,26H,1-2H2/t16-/m1/s1. The number of benzene rings is 2. The summed E-state index contributed by atoms with van der Waals surface area (Å²) < 4.78 is 120. The van der Waals surface area contributed by atoms with Crippen LogP contribution in [0.5, 0.6) is 5.75 Å². The lowest BCUT2D eigenvalue weighted by Crippen LogP contribution is -2.30. The molecule has 1 N–H and O–H groups in total. The molecule has 1 fully saturated rings. The second kappa shape index (κ2) is 7.73. The SMILES string of the molecule is O=S(=O)(N[C@@H](c1ccc(F)c(C(F)(F)F)c1)C1CC1)c1ccc(OC(F)(F)F)cc1. The minimum Gasteiger partial charge on any atom is -0.406 e. The number of alkyl halides is 6. The van der Waals surface area contributed by atoms with Gasteiger partial charge in [0, 0.05) is 6.04 Å². The number of ether oxygens (including phenoxy) is 1. The molecule has 0 bridgehead atoms. The van der Waals surface area contributed by atoms with Gasteiger partial charge >= 0.3 is 12.5 Å². The van der Waals surface area contributed by atoms with Crippen molar-refractivity contribution in [2.45, 2.75) is 36.3 Å². The van der Waals surface area contributed by atoms with Crippen LogP contribution in [0, 0.1) is 11.7 Å². The fraction of sp³-hybridized carbons (Fsp3) is 0.333. The summed E-state index contributed by atoms with van der Waals surface area (Å²) >= 11 is 0. The summed E-state index contributed by atoms with van der Waals surface area (Å²) in [6.07, 6.45) is -8.82. The molecule has 2 aromatic rings. The molecule has 4 nitrogen and oxygen atoms in total. The van der Waals surface area contributed by atoms with Crippen LogP contribution in [-0.2, 0) is 16.2 Å². The first-order valence-electron chi connectivity index (χ1n) is 8.51. The highest BCUT2D eigenvalue weighted by atomic mass is 32.2. The number of hydrogen-bond acceptors (Lipinski definition) is 3. The Bertz CT molecular complexity index is 1010. The zero-order chi connectivity index (χ0) is 22.3. The van der Waals surface area contributed by atoms with Gasteiger partial charge in [-0.2, -0.15) is 13.2 Å². The molecule has 12 heteroatoms. The third kappa shape index (κ3) is 5.42. The molecule has 3 rings (SSSR count). The van der Waals surface area contributed by atoms with Crippen molar-refractivity contribution in [2.24, 2.45) is 5.92 Å². The van der Waals surface area contributed by atoms with Crippen molar-refractivity contribution in [1.29, 1.82) is 0 Å². The summed E-state index contributed by atoms with van der Waals surface area (Å²) in [7, 11) is -4.29. The van der Waals surface area contributed by atoms with Gasteiger partial charge in [-0.15, -0.1) is 13.2 Å². The molecule has 1 atom stereocenters. The molecular weight excluding hydrogens is 443 g/mol. The number of nitrogens with one attached hydrogen (secondary N) is 1. The van der Waals surface area contributed by atoms with E-state index in [4.69, 9.17) is 0 Å². The molecule has 0 amide bonds. The van der Waals surface area contributed by atoms with Crippen molar-refractivity contribution in [1.82, 2.24) is 4.72 Å². The Morgan fingerprint density at radius 2 is 1.57 bits per heavy atom. The van der Waals surface area contributed by atoms with E-state index >= 15 is 0 Å². The summed E-state index contributed by atoms with van der Waals surface area (Å²) in [5.41, 5.74) is -1.58. The minimum atomic E-state index is -4.96. The van der Waals surface area contributed by atoms with Gasteiger partial charge in [0.05, 0.1) is 10.5 Å². The van der Waals surface area contributed by atoms with Crippen molar-refractivity contribution in [3.63, 3.8) is 0 Å². The van der Waals surface area contributed by atoms with E-state index in [0.717, 1.165) is 30.3 Å². The van der Waals surface area contributed by atoms with E-state index in [9.17, 15) is 39.2 Å². The van der Waals surface area contributed by atoms with E-state index in [2.05, 4.69) is 9.46 Å². The Balaban J connectivity index is 1.87. The Labute approximate surface area is 166 Å². The molecule has 0 saturated heterocycles. The van der Waals surface area contributed by atoms with Crippen molar-refractivity contribution in [3.8, 4) is 5.75 Å². The second-order valence-electron chi connectivity index (χ2n) is 6.69. The van der Waals surface area contributed by atoms with E-state index in [0.29, 0.717) is 25.0 Å². The maximum Gasteiger partial charge on any atom is 0.573 e. The lowest BCUT2D eigenvalue weighted by atomic mass is 10.0. The highest BCUT2D eigenvalue weighted by Crippen LogP contribution is 2.43. The zero-order valence-electron chi connectivity index (χ0n) is 14.9. The number of halogens is 7. The third-order valence-electron chi connectivity index (χ3n) is 4.40. The summed E-state index contributed by atoms with van der Waals surface area (Å²) in [6, 6.07) is 4.53. The van der Waals surface area contributed by atoms with Crippen molar-refractivity contribution < 1.29 is 43.9 Å². The summed E-state index contributed by atoms with van der Waals surface area (Å²) in [5.74, 6) is -2.41. The van der Waals surface area contributed by atoms with Crippen LogP contribution in [0.4, 0.5) is 30.7 Å². The van der Waals surface area contributed by atoms with Crippen molar-refractivity contribution in [3.05, 3.63) is 59.4 Å². The summed E-state index contributed by atoms with van der Waals surface area (Å²) in [4.78, 5) is -0.402. The van der Waals surface area contributed by atoms with E-state index < -0.39 is 50.6 Å². The van der Waals surface area contributed by atoms with Crippen LogP contribution < -0.4 is 9.46 Å². The molecule has 0 unspecified atom stereocenters. The molecule has 30 heavy (non-hydrogen) atoms. The monoisotopic (exact) mass is 457 g/mol. The number of sulfonamides is 1. The lowest BCUT2D eigenvalue weighted by molar-refractivity contribution is -0.274. The van der Waals surface area contributed by atoms with Gasteiger partial charge in [-0.1, -0.05) is 6.07 Å². The lowest BCUT2D eigenvalue weighted by Gasteiger charge is -2.20. The first kappa shape index (κ1) is 22.3. The van der Waals surface area contributed by atoms with Crippen LogP contribution in [0.2, 0.25) is 0 Å². The van der Waals surface area contributed by atoms with Crippen LogP contribution in [0.3, 0.4) is 0 Å². The Morgan fingerprint density at radius 3 is 2.07 bits per heavy atom. The first-order chi connectivity index (χ1) is 13.8. The maximum atomic E-state index is 13.6. The number of rotatable bonds is 6. The molecule has 0 aliphatic heterocycles. The molecule has 0 spiro atoms. The van der Waals surface area contributed by atoms with Crippen LogP contribution >= 0.6 is 0 Å². The molecule has 1 aliphatic carbocycles. The predicted octanol–water partition coefficient (Wildman–Crippen LogP) is 5.17. The average Bonchev–Trinajstić information content (AvgIpc) is 3.43. The quantitative estimate of drug-likeness (QED) is 0.609. The van der Waals surface area contributed by atoms with E-state index in [1.165, 1.54) is 0 Å². The molecule has 2 aromatic carbocycles. The van der Waals surface area contributed by atoms with E-state index in [1.807, 2.05) is 0 Å². The predicted molar refractivity (Wildman–Crippen MR) is 90.3 cm³/mol. The van der Waals surface area contributed by atoms with Crippen molar-refractivity contribution in [2.75, 3.05) is 0 Å². The van der Waals surface area contributed by atoms with Crippen LogP contribution in [0.1, 0.15) is 30.0 Å². The van der Waals surface area contributed by atoms with Crippen LogP contribution in [0.25, 0.3) is 0 Å². The van der Waals surface area contributed by atoms with Crippen LogP contribution in [-0.4, -0.2) is 14.8 Å². The smallest absolute Gasteiger partial charge is 0.406 e. The van der Waals surface area contributed by atoms with E-state index in [1.54, 1.807) is 0 Å². The van der Waals surface area contributed by atoms with Gasteiger partial charge in [-0.05, 0) is 60.7 Å². The molecular formula is C18H14F7NO3S. The van der Waals surface area contributed by atoms with Gasteiger partial charge in [0.1, 0.15) is 11.6 Å². The number of hydrogen-bond donors (Lipinski definition) is 1. The third-order valence-corrected chi connectivity index (χ3v) is 5.86. The van der Waals surface area contributed by atoms with Gasteiger partial charge < -0.3 is 4.74 Å². The second-order valence-corrected chi connectivity index (χ2v) is 8.41. The highest BCUT2D eigenvalue weighted by Gasteiger charge is 2.39. The molecule has 1 saturated carbocycles. The Kier molecular flexibility index (Phi) is 5.76. The van der Waals surface area contributed by atoms with Gasteiger partial charge in [0.15, 0.2) is 0 Å². The van der Waals surface area contributed by atoms with Gasteiger partial charge in [0.25, 0.3) is 0 Å². The first-order valence-corrected chi connectivity index (χ1v) is 9.99. The van der Waals surface area contributed by atoms with Crippen molar-refractivity contribution >= 4 is 10.0 Å². The molecule has 1 aliphatic rings. The minimum absolute atomic E-state index is 0.0631. The normalized spacial score (nSPS) is 16.4. The molecule has 0 heterocycles. The Hall–Kier alpha value is -2.34. The largest absolute Gasteiger partial charge is 0.573 e. The summed E-state index contributed by atoms with van der Waals surface area (Å²) in [6.45, 7) is 0. The maximum absolute atomic E-state index is 13.6. The van der Waals surface area contributed by atoms with Gasteiger partial charge in [-0.3, -0.25) is 0 Å². The zero-order valence-corrected chi connectivity index (χ0v) is 15.7. The van der Waals surface area contributed by atoms with Gasteiger partial charge in [-0.25, -0.2) is 17.5 Å². The average molecular weight is 457 g/mol. The summed E-state index contributed by atoms with van der Waals surface area (Å²) in [5, 5.41) is 0. The molecule has 0 aromatic heterocycles. The van der Waals surface area contributed by atoms with Crippen LogP contribution in [0.15, 0.2) is 47.4 Å². The molecule has 0 radical (unpaired) electrons.